The van der Waals surface area contributed by atoms with E-state index in [2.05, 4.69) is 25.8 Å². The number of aromatic nitrogens is 3. The molecule has 140 valence electrons. The molecule has 0 bridgehead atoms. The summed E-state index contributed by atoms with van der Waals surface area (Å²) in [7, 11) is 3.19. The molecule has 0 saturated heterocycles. The molecule has 0 fully saturated rings. The minimum Gasteiger partial charge on any atom is -0.497 e. The Kier molecular flexibility index (Phi) is 6.27. The highest BCUT2D eigenvalue weighted by Crippen LogP contribution is 2.30. The van der Waals surface area contributed by atoms with Crippen molar-refractivity contribution in [3.05, 3.63) is 59.2 Å². The van der Waals surface area contributed by atoms with Gasteiger partial charge in [-0.25, -0.2) is 0 Å². The van der Waals surface area contributed by atoms with Crippen LogP contribution in [0.15, 0.2) is 48.7 Å². The van der Waals surface area contributed by atoms with E-state index in [1.807, 2.05) is 36.4 Å². The van der Waals surface area contributed by atoms with E-state index in [9.17, 15) is 0 Å². The van der Waals surface area contributed by atoms with Gasteiger partial charge in [-0.2, -0.15) is 10.1 Å². The average molecular weight is 386 g/mol. The van der Waals surface area contributed by atoms with Crippen LogP contribution in [0.25, 0.3) is 0 Å². The zero-order chi connectivity index (χ0) is 19.1. The molecule has 0 spiro atoms. The van der Waals surface area contributed by atoms with Crippen LogP contribution in [-0.2, 0) is 6.42 Å². The molecule has 7 nitrogen and oxygen atoms in total. The van der Waals surface area contributed by atoms with Crippen LogP contribution in [0.5, 0.6) is 11.5 Å². The minimum absolute atomic E-state index is 0.367. The Hall–Kier alpha value is -3.06. The van der Waals surface area contributed by atoms with E-state index in [1.165, 1.54) is 0 Å². The zero-order valence-electron chi connectivity index (χ0n) is 15.1. The maximum atomic E-state index is 6.00. The molecule has 0 amide bonds. The third-order valence-electron chi connectivity index (χ3n) is 3.82. The fraction of sp³-hybridized carbons (Fsp3) is 0.211. The van der Waals surface area contributed by atoms with E-state index >= 15 is 0 Å². The van der Waals surface area contributed by atoms with Crippen molar-refractivity contribution in [3.8, 4) is 11.5 Å². The topological polar surface area (TPSA) is 81.2 Å². The molecule has 1 heterocycles. The first-order valence-corrected chi connectivity index (χ1v) is 8.73. The molecular formula is C19H20ClN5O2. The average Bonchev–Trinajstić information content (AvgIpc) is 2.69. The van der Waals surface area contributed by atoms with Crippen molar-refractivity contribution in [1.29, 1.82) is 0 Å². The summed E-state index contributed by atoms with van der Waals surface area (Å²) in [6.07, 6.45) is 2.40. The zero-order valence-corrected chi connectivity index (χ0v) is 15.8. The number of rotatable bonds is 8. The SMILES string of the molecule is COc1ccc(Nc2nncc(NCCc3cccc(Cl)c3)n2)c(OC)c1. The van der Waals surface area contributed by atoms with Crippen LogP contribution >= 0.6 is 11.6 Å². The maximum absolute atomic E-state index is 6.00. The molecule has 0 radical (unpaired) electrons. The number of halogens is 1. The van der Waals surface area contributed by atoms with Gasteiger partial charge in [0, 0.05) is 17.6 Å². The molecule has 27 heavy (non-hydrogen) atoms. The monoisotopic (exact) mass is 385 g/mol. The first-order valence-electron chi connectivity index (χ1n) is 8.35. The molecular weight excluding hydrogens is 366 g/mol. The van der Waals surface area contributed by atoms with E-state index in [0.29, 0.717) is 29.8 Å². The Morgan fingerprint density at radius 2 is 1.96 bits per heavy atom. The van der Waals surface area contributed by atoms with E-state index in [-0.39, 0.29) is 0 Å². The van der Waals surface area contributed by atoms with Crippen LogP contribution in [0.1, 0.15) is 5.56 Å². The summed E-state index contributed by atoms with van der Waals surface area (Å²) < 4.78 is 10.6. The van der Waals surface area contributed by atoms with Gasteiger partial charge >= 0.3 is 0 Å². The molecule has 2 aromatic carbocycles. The molecule has 0 unspecified atom stereocenters. The predicted octanol–water partition coefficient (Wildman–Crippen LogP) is 3.94. The number of nitrogens with one attached hydrogen (secondary N) is 2. The Labute approximate surface area is 162 Å². The summed E-state index contributed by atoms with van der Waals surface area (Å²) in [5, 5.41) is 15.1. The first kappa shape index (κ1) is 18.7. The largest absolute Gasteiger partial charge is 0.497 e. The number of ether oxygens (including phenoxy) is 2. The van der Waals surface area contributed by atoms with Crippen molar-refractivity contribution in [1.82, 2.24) is 15.2 Å². The number of hydrogen-bond acceptors (Lipinski definition) is 7. The summed E-state index contributed by atoms with van der Waals surface area (Å²) in [5.41, 5.74) is 1.87. The molecule has 0 aliphatic carbocycles. The highest BCUT2D eigenvalue weighted by molar-refractivity contribution is 6.30. The molecule has 2 N–H and O–H groups in total. The molecule has 8 heteroatoms. The van der Waals surface area contributed by atoms with Gasteiger partial charge in [0.1, 0.15) is 11.5 Å². The van der Waals surface area contributed by atoms with E-state index in [4.69, 9.17) is 21.1 Å². The van der Waals surface area contributed by atoms with Crippen molar-refractivity contribution in [2.75, 3.05) is 31.4 Å². The third-order valence-corrected chi connectivity index (χ3v) is 4.06. The molecule has 0 saturated carbocycles. The standard InChI is InChI=1S/C19H20ClN5O2/c1-26-15-6-7-16(17(11-15)27-2)23-19-24-18(12-22-25-19)21-9-8-13-4-3-5-14(20)10-13/h3-7,10-12H,8-9H2,1-2H3,(H2,21,23,24,25). The lowest BCUT2D eigenvalue weighted by molar-refractivity contribution is 0.395. The molecule has 3 rings (SSSR count). The Morgan fingerprint density at radius 3 is 2.74 bits per heavy atom. The Balaban J connectivity index is 1.63. The molecule has 3 aromatic rings. The van der Waals surface area contributed by atoms with Crippen LogP contribution in [0.4, 0.5) is 17.5 Å². The van der Waals surface area contributed by atoms with Gasteiger partial charge in [-0.05, 0) is 36.2 Å². The van der Waals surface area contributed by atoms with Gasteiger partial charge < -0.3 is 20.1 Å². The van der Waals surface area contributed by atoms with E-state index in [0.717, 1.165) is 22.7 Å². The van der Waals surface area contributed by atoms with E-state index in [1.54, 1.807) is 26.5 Å². The second-order valence-electron chi connectivity index (χ2n) is 5.66. The lowest BCUT2D eigenvalue weighted by Crippen LogP contribution is -2.09. The summed E-state index contributed by atoms with van der Waals surface area (Å²) in [5.74, 6) is 2.32. The predicted molar refractivity (Wildman–Crippen MR) is 106 cm³/mol. The summed E-state index contributed by atoms with van der Waals surface area (Å²) in [4.78, 5) is 4.43. The molecule has 0 atom stereocenters. The van der Waals surface area contributed by atoms with Crippen molar-refractivity contribution >= 4 is 29.1 Å². The quantitative estimate of drug-likeness (QED) is 0.607. The second-order valence-corrected chi connectivity index (χ2v) is 6.10. The molecule has 0 aliphatic rings. The van der Waals surface area contributed by atoms with Gasteiger partial charge in [-0.3, -0.25) is 0 Å². The normalized spacial score (nSPS) is 10.3. The van der Waals surface area contributed by atoms with Crippen LogP contribution in [0.2, 0.25) is 5.02 Å². The number of anilines is 3. The van der Waals surface area contributed by atoms with Crippen molar-refractivity contribution < 1.29 is 9.47 Å². The van der Waals surface area contributed by atoms with Crippen molar-refractivity contribution in [2.24, 2.45) is 0 Å². The van der Waals surface area contributed by atoms with Gasteiger partial charge in [0.25, 0.3) is 0 Å². The van der Waals surface area contributed by atoms with Crippen LogP contribution in [0.3, 0.4) is 0 Å². The van der Waals surface area contributed by atoms with E-state index < -0.39 is 0 Å². The number of benzene rings is 2. The van der Waals surface area contributed by atoms with Gasteiger partial charge in [0.15, 0.2) is 5.82 Å². The molecule has 0 aliphatic heterocycles. The Bertz CT molecular complexity index is 907. The number of methoxy groups -OCH3 is 2. The second kappa shape index (κ2) is 9.05. The first-order chi connectivity index (χ1) is 13.2. The smallest absolute Gasteiger partial charge is 0.249 e. The summed E-state index contributed by atoms with van der Waals surface area (Å²) in [6, 6.07) is 13.2. The van der Waals surface area contributed by atoms with Gasteiger partial charge in [0.2, 0.25) is 5.95 Å². The maximum Gasteiger partial charge on any atom is 0.249 e. The Morgan fingerprint density at radius 1 is 1.07 bits per heavy atom. The summed E-state index contributed by atoms with van der Waals surface area (Å²) >= 11 is 6.00. The van der Waals surface area contributed by atoms with Crippen LogP contribution < -0.4 is 20.1 Å². The highest BCUT2D eigenvalue weighted by Gasteiger charge is 2.08. The highest BCUT2D eigenvalue weighted by atomic mass is 35.5. The number of nitrogens with zero attached hydrogens (tertiary/aromatic N) is 3. The fourth-order valence-corrected chi connectivity index (χ4v) is 2.70. The van der Waals surface area contributed by atoms with Crippen LogP contribution in [0, 0.1) is 0 Å². The number of hydrogen-bond donors (Lipinski definition) is 2. The minimum atomic E-state index is 0.367. The summed E-state index contributed by atoms with van der Waals surface area (Å²) in [6.45, 7) is 0.699. The third kappa shape index (κ3) is 5.21. The van der Waals surface area contributed by atoms with Gasteiger partial charge in [-0.1, -0.05) is 23.7 Å². The molecule has 1 aromatic heterocycles. The lowest BCUT2D eigenvalue weighted by Gasteiger charge is -2.12. The van der Waals surface area contributed by atoms with Gasteiger partial charge in [0.05, 0.1) is 26.1 Å². The fourth-order valence-electron chi connectivity index (χ4n) is 2.49. The van der Waals surface area contributed by atoms with Gasteiger partial charge in [-0.15, -0.1) is 5.10 Å². The van der Waals surface area contributed by atoms with Crippen molar-refractivity contribution in [3.63, 3.8) is 0 Å². The van der Waals surface area contributed by atoms with Crippen LogP contribution in [-0.4, -0.2) is 35.9 Å². The van der Waals surface area contributed by atoms with Crippen molar-refractivity contribution in [2.45, 2.75) is 6.42 Å². The lowest BCUT2D eigenvalue weighted by atomic mass is 10.1.